The third-order valence-electron chi connectivity index (χ3n) is 3.58. The van der Waals surface area contributed by atoms with Gasteiger partial charge < -0.3 is 4.57 Å². The number of hydrogen-bond acceptors (Lipinski definition) is 1. The lowest BCUT2D eigenvalue weighted by Gasteiger charge is -2.17. The molecule has 21 heavy (non-hydrogen) atoms. The standard InChI is InChI=1S/C16H13Cl2FN2/c1-10(11-2-5-13(19)6-3-11)21-15-8-12(18)4-7-14(15)20-16(21)9-17/h2-8,10H,9H2,1H3. The highest BCUT2D eigenvalue weighted by atomic mass is 35.5. The van der Waals surface area contributed by atoms with Gasteiger partial charge in [-0.05, 0) is 42.8 Å². The smallest absolute Gasteiger partial charge is 0.125 e. The van der Waals surface area contributed by atoms with E-state index in [4.69, 9.17) is 23.2 Å². The van der Waals surface area contributed by atoms with Crippen LogP contribution in [0.4, 0.5) is 4.39 Å². The number of fused-ring (bicyclic) bond motifs is 1. The topological polar surface area (TPSA) is 17.8 Å². The van der Waals surface area contributed by atoms with Gasteiger partial charge in [-0.2, -0.15) is 0 Å². The summed E-state index contributed by atoms with van der Waals surface area (Å²) in [5, 5.41) is 0.649. The van der Waals surface area contributed by atoms with Crippen molar-refractivity contribution >= 4 is 34.2 Å². The number of aromatic nitrogens is 2. The van der Waals surface area contributed by atoms with Gasteiger partial charge in [0, 0.05) is 5.02 Å². The molecule has 0 spiro atoms. The Morgan fingerprint density at radius 2 is 1.90 bits per heavy atom. The van der Waals surface area contributed by atoms with Crippen LogP contribution in [0.1, 0.15) is 24.4 Å². The zero-order chi connectivity index (χ0) is 15.0. The van der Waals surface area contributed by atoms with Crippen LogP contribution >= 0.6 is 23.2 Å². The molecule has 3 rings (SSSR count). The maximum atomic E-state index is 13.1. The highest BCUT2D eigenvalue weighted by Crippen LogP contribution is 2.28. The molecule has 0 N–H and O–H groups in total. The number of rotatable bonds is 3. The van der Waals surface area contributed by atoms with Crippen LogP contribution in [0, 0.1) is 5.82 Å². The predicted octanol–water partition coefficient (Wildman–Crippen LogP) is 5.18. The van der Waals surface area contributed by atoms with Crippen molar-refractivity contribution in [1.29, 1.82) is 0 Å². The van der Waals surface area contributed by atoms with Crippen molar-refractivity contribution in [2.45, 2.75) is 18.8 Å². The molecule has 0 aliphatic rings. The van der Waals surface area contributed by atoms with E-state index in [9.17, 15) is 4.39 Å². The van der Waals surface area contributed by atoms with E-state index in [0.29, 0.717) is 10.9 Å². The molecular weight excluding hydrogens is 310 g/mol. The zero-order valence-corrected chi connectivity index (χ0v) is 12.9. The van der Waals surface area contributed by atoms with Crippen molar-refractivity contribution in [1.82, 2.24) is 9.55 Å². The second kappa shape index (κ2) is 5.66. The van der Waals surface area contributed by atoms with Crippen LogP contribution in [0.15, 0.2) is 42.5 Å². The number of benzene rings is 2. The van der Waals surface area contributed by atoms with Gasteiger partial charge >= 0.3 is 0 Å². The summed E-state index contributed by atoms with van der Waals surface area (Å²) in [5.74, 6) is 0.825. The molecule has 0 radical (unpaired) electrons. The molecular formula is C16H13Cl2FN2. The van der Waals surface area contributed by atoms with E-state index in [-0.39, 0.29) is 11.9 Å². The van der Waals surface area contributed by atoms with E-state index in [2.05, 4.69) is 4.98 Å². The van der Waals surface area contributed by atoms with E-state index < -0.39 is 0 Å². The van der Waals surface area contributed by atoms with Crippen molar-refractivity contribution in [3.8, 4) is 0 Å². The summed E-state index contributed by atoms with van der Waals surface area (Å²) in [5.41, 5.74) is 2.76. The number of hydrogen-bond donors (Lipinski definition) is 0. The van der Waals surface area contributed by atoms with E-state index in [1.54, 1.807) is 12.1 Å². The van der Waals surface area contributed by atoms with Gasteiger partial charge in [-0.1, -0.05) is 23.7 Å². The van der Waals surface area contributed by atoms with E-state index in [1.165, 1.54) is 12.1 Å². The highest BCUT2D eigenvalue weighted by Gasteiger charge is 2.17. The summed E-state index contributed by atoms with van der Waals surface area (Å²) in [4.78, 5) is 4.53. The first-order valence-electron chi connectivity index (χ1n) is 6.58. The van der Waals surface area contributed by atoms with Gasteiger partial charge in [0.15, 0.2) is 0 Å². The van der Waals surface area contributed by atoms with E-state index in [1.807, 2.05) is 29.7 Å². The molecule has 0 saturated heterocycles. The summed E-state index contributed by atoms with van der Waals surface area (Å²) in [6.45, 7) is 2.03. The largest absolute Gasteiger partial charge is 0.320 e. The van der Waals surface area contributed by atoms with E-state index >= 15 is 0 Å². The van der Waals surface area contributed by atoms with Gasteiger partial charge in [-0.15, -0.1) is 11.6 Å². The quantitative estimate of drug-likeness (QED) is 0.608. The lowest BCUT2D eigenvalue weighted by molar-refractivity contribution is 0.614. The Morgan fingerprint density at radius 1 is 1.19 bits per heavy atom. The first-order chi connectivity index (χ1) is 10.1. The molecule has 2 aromatic carbocycles. The van der Waals surface area contributed by atoms with Gasteiger partial charge in [0.25, 0.3) is 0 Å². The van der Waals surface area contributed by atoms with Crippen LogP contribution < -0.4 is 0 Å². The Labute approximate surface area is 132 Å². The minimum absolute atomic E-state index is 0.0113. The lowest BCUT2D eigenvalue weighted by Crippen LogP contribution is -2.10. The Balaban J connectivity index is 2.17. The van der Waals surface area contributed by atoms with Crippen molar-refractivity contribution in [3.05, 3.63) is 64.7 Å². The Kier molecular flexibility index (Phi) is 3.87. The molecule has 5 heteroatoms. The molecule has 0 saturated carbocycles. The van der Waals surface area contributed by atoms with Gasteiger partial charge in [0.05, 0.1) is 23.0 Å². The molecule has 2 nitrogen and oxygen atoms in total. The highest BCUT2D eigenvalue weighted by molar-refractivity contribution is 6.31. The number of nitrogens with zero attached hydrogens (tertiary/aromatic N) is 2. The molecule has 0 aliphatic heterocycles. The van der Waals surface area contributed by atoms with Crippen molar-refractivity contribution < 1.29 is 4.39 Å². The van der Waals surface area contributed by atoms with Crippen LogP contribution in [-0.2, 0) is 5.88 Å². The molecule has 0 aliphatic carbocycles. The van der Waals surface area contributed by atoms with Crippen LogP contribution in [0.5, 0.6) is 0 Å². The minimum Gasteiger partial charge on any atom is -0.320 e. The SMILES string of the molecule is CC(c1ccc(F)cc1)n1c(CCl)nc2ccc(Cl)cc21. The fourth-order valence-corrected chi connectivity index (χ4v) is 2.89. The maximum absolute atomic E-state index is 13.1. The Hall–Kier alpha value is -1.58. The molecule has 3 aromatic rings. The summed E-state index contributed by atoms with van der Waals surface area (Å²) in [7, 11) is 0. The monoisotopic (exact) mass is 322 g/mol. The zero-order valence-electron chi connectivity index (χ0n) is 11.4. The number of halogens is 3. The van der Waals surface area contributed by atoms with Gasteiger partial charge in [0.1, 0.15) is 11.6 Å². The van der Waals surface area contributed by atoms with Crippen molar-refractivity contribution in [2.75, 3.05) is 0 Å². The van der Waals surface area contributed by atoms with Gasteiger partial charge in [-0.3, -0.25) is 0 Å². The molecule has 0 fully saturated rings. The normalized spacial score (nSPS) is 12.8. The molecule has 1 aromatic heterocycles. The van der Waals surface area contributed by atoms with Gasteiger partial charge in [0.2, 0.25) is 0 Å². The maximum Gasteiger partial charge on any atom is 0.125 e. The summed E-state index contributed by atoms with van der Waals surface area (Å²) in [6, 6.07) is 12.0. The third kappa shape index (κ3) is 2.63. The number of alkyl halides is 1. The minimum atomic E-state index is -0.248. The van der Waals surface area contributed by atoms with Crippen LogP contribution in [0.25, 0.3) is 11.0 Å². The first kappa shape index (κ1) is 14.4. The average Bonchev–Trinajstić information content (AvgIpc) is 2.85. The average molecular weight is 323 g/mol. The first-order valence-corrected chi connectivity index (χ1v) is 7.49. The summed E-state index contributed by atoms with van der Waals surface area (Å²) < 4.78 is 15.1. The molecule has 0 bridgehead atoms. The van der Waals surface area contributed by atoms with Crippen LogP contribution in [0.2, 0.25) is 5.02 Å². The van der Waals surface area contributed by atoms with Crippen molar-refractivity contribution in [3.63, 3.8) is 0 Å². The van der Waals surface area contributed by atoms with E-state index in [0.717, 1.165) is 22.4 Å². The second-order valence-corrected chi connectivity index (χ2v) is 5.60. The summed E-state index contributed by atoms with van der Waals surface area (Å²) >= 11 is 12.1. The third-order valence-corrected chi connectivity index (χ3v) is 4.06. The molecule has 108 valence electrons. The molecule has 0 amide bonds. The van der Waals surface area contributed by atoms with Crippen molar-refractivity contribution in [2.24, 2.45) is 0 Å². The van der Waals surface area contributed by atoms with Gasteiger partial charge in [-0.25, -0.2) is 9.37 Å². The second-order valence-electron chi connectivity index (χ2n) is 4.89. The molecule has 1 heterocycles. The number of imidazole rings is 1. The lowest BCUT2D eigenvalue weighted by atomic mass is 10.1. The van der Waals surface area contributed by atoms with Crippen LogP contribution in [-0.4, -0.2) is 9.55 Å². The van der Waals surface area contributed by atoms with Crippen LogP contribution in [0.3, 0.4) is 0 Å². The Morgan fingerprint density at radius 3 is 2.57 bits per heavy atom. The molecule has 1 atom stereocenters. The fraction of sp³-hybridized carbons (Fsp3) is 0.188. The molecule has 1 unspecified atom stereocenters. The Bertz CT molecular complexity index is 781. The fourth-order valence-electron chi connectivity index (χ4n) is 2.53. The predicted molar refractivity (Wildman–Crippen MR) is 84.5 cm³/mol. The summed E-state index contributed by atoms with van der Waals surface area (Å²) in [6.07, 6.45) is 0.